The van der Waals surface area contributed by atoms with Gasteiger partial charge >= 0.3 is 0 Å². The molecule has 4 heteroatoms. The lowest BCUT2D eigenvalue weighted by molar-refractivity contribution is 0.373. The zero-order chi connectivity index (χ0) is 22.0. The van der Waals surface area contributed by atoms with E-state index in [1.165, 1.54) is 5.19 Å². The topological polar surface area (TPSA) is 38.7 Å². The lowest BCUT2D eigenvalue weighted by Gasteiger charge is -2.30. The van der Waals surface area contributed by atoms with Crippen molar-refractivity contribution in [3.05, 3.63) is 47.5 Å². The van der Waals surface area contributed by atoms with Crippen molar-refractivity contribution in [1.29, 1.82) is 0 Å². The van der Waals surface area contributed by atoms with E-state index >= 15 is 0 Å². The molecule has 0 amide bonds. The van der Waals surface area contributed by atoms with Crippen molar-refractivity contribution in [2.24, 2.45) is 0 Å². The van der Waals surface area contributed by atoms with Crippen LogP contribution in [-0.2, 0) is 12.8 Å². The highest BCUT2D eigenvalue weighted by Crippen LogP contribution is 2.32. The number of benzene rings is 2. The van der Waals surface area contributed by atoms with Crippen LogP contribution in [0.2, 0.25) is 12.1 Å². The number of rotatable bonds is 13. The number of ether oxygens (including phenoxy) is 2. The van der Waals surface area contributed by atoms with Gasteiger partial charge in [0.25, 0.3) is 0 Å². The van der Waals surface area contributed by atoms with Crippen LogP contribution in [0.1, 0.15) is 64.5 Å². The largest absolute Gasteiger partial charge is 0.507 e. The first-order chi connectivity index (χ1) is 14.5. The van der Waals surface area contributed by atoms with E-state index in [0.717, 1.165) is 79.5 Å². The van der Waals surface area contributed by atoms with Gasteiger partial charge in [-0.1, -0.05) is 69.9 Å². The third kappa shape index (κ3) is 6.04. The highest BCUT2D eigenvalue weighted by molar-refractivity contribution is 6.91. The number of hydrogen-bond donors (Lipinski definition) is 1. The Kier molecular flexibility index (Phi) is 9.77. The van der Waals surface area contributed by atoms with Gasteiger partial charge in [0.1, 0.15) is 25.3 Å². The zero-order valence-electron chi connectivity index (χ0n) is 19.6. The Morgan fingerprint density at radius 2 is 1.33 bits per heavy atom. The molecule has 0 aromatic heterocycles. The van der Waals surface area contributed by atoms with Crippen LogP contribution in [0.3, 0.4) is 0 Å². The standard InChI is InChI=1S/C26H40O3Si/c1-6-10-12-21-18-24(19-22(26(21)27)13-11-7-2)29-20-30(8-3,9-4)25-16-14-23(28-5)15-17-25/h14-19,27H,6-13,20H2,1-5H3. The van der Waals surface area contributed by atoms with E-state index in [1.807, 2.05) is 0 Å². The molecule has 0 unspecified atom stereocenters. The van der Waals surface area contributed by atoms with E-state index in [1.54, 1.807) is 7.11 Å². The third-order valence-corrected chi connectivity index (χ3v) is 11.4. The second kappa shape index (κ2) is 12.0. The molecule has 2 aromatic rings. The summed E-state index contributed by atoms with van der Waals surface area (Å²) in [6.07, 6.45) is 6.97. The summed E-state index contributed by atoms with van der Waals surface area (Å²) in [5.74, 6) is 2.29. The number of hydrogen-bond acceptors (Lipinski definition) is 3. The molecule has 0 radical (unpaired) electrons. The molecule has 0 fully saturated rings. The van der Waals surface area contributed by atoms with Crippen LogP contribution < -0.4 is 14.7 Å². The smallest absolute Gasteiger partial charge is 0.129 e. The van der Waals surface area contributed by atoms with Gasteiger partial charge in [-0.2, -0.15) is 0 Å². The van der Waals surface area contributed by atoms with Gasteiger partial charge in [0, 0.05) is 0 Å². The molecular weight excluding hydrogens is 388 g/mol. The Labute approximate surface area is 184 Å². The molecule has 0 heterocycles. The van der Waals surface area contributed by atoms with Crippen LogP contribution in [0.25, 0.3) is 0 Å². The first kappa shape index (κ1) is 24.3. The Bertz CT molecular complexity index is 737. The minimum absolute atomic E-state index is 0.480. The third-order valence-electron chi connectivity index (χ3n) is 6.41. The highest BCUT2D eigenvalue weighted by atomic mass is 28.3. The molecule has 0 aliphatic heterocycles. The fraction of sp³-hybridized carbons (Fsp3) is 0.538. The molecule has 0 aliphatic carbocycles. The van der Waals surface area contributed by atoms with Crippen LogP contribution in [0.5, 0.6) is 17.2 Å². The van der Waals surface area contributed by atoms with Gasteiger partial charge in [-0.15, -0.1) is 0 Å². The normalized spacial score (nSPS) is 11.5. The first-order valence-electron chi connectivity index (χ1n) is 11.7. The van der Waals surface area contributed by atoms with Gasteiger partial charge in [-0.25, -0.2) is 0 Å². The summed E-state index contributed by atoms with van der Waals surface area (Å²) in [4.78, 5) is 0. The van der Waals surface area contributed by atoms with Gasteiger partial charge in [0.2, 0.25) is 0 Å². The molecule has 1 N–H and O–H groups in total. The minimum atomic E-state index is -1.78. The van der Waals surface area contributed by atoms with Crippen LogP contribution >= 0.6 is 0 Å². The number of unbranched alkanes of at least 4 members (excludes halogenated alkanes) is 2. The lowest BCUT2D eigenvalue weighted by atomic mass is 10.00. The van der Waals surface area contributed by atoms with E-state index in [4.69, 9.17) is 9.47 Å². The zero-order valence-corrected chi connectivity index (χ0v) is 20.6. The fourth-order valence-electron chi connectivity index (χ4n) is 4.04. The predicted molar refractivity (Wildman–Crippen MR) is 130 cm³/mol. The Morgan fingerprint density at radius 3 is 1.77 bits per heavy atom. The number of aryl methyl sites for hydroxylation is 2. The van der Waals surface area contributed by atoms with Gasteiger partial charge in [-0.05, 0) is 61.1 Å². The highest BCUT2D eigenvalue weighted by Gasteiger charge is 2.33. The molecule has 0 spiro atoms. The molecule has 0 bridgehead atoms. The minimum Gasteiger partial charge on any atom is -0.507 e. The van der Waals surface area contributed by atoms with Crippen molar-refractivity contribution in [1.82, 2.24) is 0 Å². The van der Waals surface area contributed by atoms with Crippen molar-refractivity contribution < 1.29 is 14.6 Å². The number of methoxy groups -OCH3 is 1. The molecule has 2 aromatic carbocycles. The average molecular weight is 429 g/mol. The Balaban J connectivity index is 2.28. The lowest BCUT2D eigenvalue weighted by Crippen LogP contribution is -2.52. The molecule has 2 rings (SSSR count). The fourth-order valence-corrected chi connectivity index (χ4v) is 7.25. The van der Waals surface area contributed by atoms with E-state index in [-0.39, 0.29) is 0 Å². The van der Waals surface area contributed by atoms with Crippen LogP contribution in [-0.4, -0.2) is 26.5 Å². The van der Waals surface area contributed by atoms with Crippen molar-refractivity contribution in [2.75, 3.05) is 13.3 Å². The summed E-state index contributed by atoms with van der Waals surface area (Å²) in [5, 5.41) is 12.2. The quantitative estimate of drug-likeness (QED) is 0.375. The van der Waals surface area contributed by atoms with E-state index < -0.39 is 8.07 Å². The van der Waals surface area contributed by atoms with Crippen molar-refractivity contribution in [3.8, 4) is 17.2 Å². The molecule has 0 atom stereocenters. The Morgan fingerprint density at radius 1 is 0.800 bits per heavy atom. The first-order valence-corrected chi connectivity index (χ1v) is 14.3. The summed E-state index contributed by atoms with van der Waals surface area (Å²) in [6, 6.07) is 15.0. The molecule has 0 aliphatic rings. The van der Waals surface area contributed by atoms with Gasteiger partial charge in [-0.3, -0.25) is 0 Å². The number of phenols is 1. The summed E-state index contributed by atoms with van der Waals surface area (Å²) in [7, 11) is -0.0696. The maximum atomic E-state index is 10.8. The maximum absolute atomic E-state index is 10.8. The molecule has 0 saturated heterocycles. The number of aromatic hydroxyl groups is 1. The van der Waals surface area contributed by atoms with Crippen LogP contribution in [0, 0.1) is 0 Å². The summed E-state index contributed by atoms with van der Waals surface area (Å²) in [6.45, 7) is 8.96. The average Bonchev–Trinajstić information content (AvgIpc) is 2.79. The maximum Gasteiger partial charge on any atom is 0.129 e. The second-order valence-electron chi connectivity index (χ2n) is 8.30. The number of phenolic OH excluding ortho intramolecular Hbond substituents is 1. The van der Waals surface area contributed by atoms with Crippen molar-refractivity contribution in [3.63, 3.8) is 0 Å². The van der Waals surface area contributed by atoms with Crippen molar-refractivity contribution in [2.45, 2.75) is 78.3 Å². The monoisotopic (exact) mass is 428 g/mol. The molecule has 3 nitrogen and oxygen atoms in total. The van der Waals surface area contributed by atoms with E-state index in [0.29, 0.717) is 5.75 Å². The van der Waals surface area contributed by atoms with Gasteiger partial charge < -0.3 is 14.6 Å². The summed E-state index contributed by atoms with van der Waals surface area (Å²) < 4.78 is 11.8. The second-order valence-corrected chi connectivity index (χ2v) is 13.1. The molecular formula is C26H40O3Si. The van der Waals surface area contributed by atoms with Crippen LogP contribution in [0.4, 0.5) is 0 Å². The SMILES string of the molecule is CCCCc1cc(OC[Si](CC)(CC)c2ccc(OC)cc2)cc(CCCC)c1O. The van der Waals surface area contributed by atoms with E-state index in [2.05, 4.69) is 64.1 Å². The van der Waals surface area contributed by atoms with Crippen molar-refractivity contribution >= 4 is 13.3 Å². The molecule has 166 valence electrons. The van der Waals surface area contributed by atoms with Gasteiger partial charge in [0.15, 0.2) is 0 Å². The molecule has 0 saturated carbocycles. The predicted octanol–water partition coefficient (Wildman–Crippen LogP) is 6.40. The van der Waals surface area contributed by atoms with Gasteiger partial charge in [0.05, 0.1) is 13.3 Å². The Hall–Kier alpha value is -1.94. The van der Waals surface area contributed by atoms with E-state index in [9.17, 15) is 5.11 Å². The summed E-state index contributed by atoms with van der Waals surface area (Å²) in [5.41, 5.74) is 2.07. The summed E-state index contributed by atoms with van der Waals surface area (Å²) >= 11 is 0. The molecule has 30 heavy (non-hydrogen) atoms. The van der Waals surface area contributed by atoms with Crippen LogP contribution in [0.15, 0.2) is 36.4 Å².